The van der Waals surface area contributed by atoms with Crippen molar-refractivity contribution in [2.24, 2.45) is 5.92 Å². The normalized spacial score (nSPS) is 15.7. The smallest absolute Gasteiger partial charge is 0.337 e. The largest absolute Gasteiger partial charge is 0.478 e. The highest BCUT2D eigenvalue weighted by molar-refractivity contribution is 5.87. The Bertz CT molecular complexity index is 343. The zero-order chi connectivity index (χ0) is 10.7. The van der Waals surface area contributed by atoms with E-state index in [9.17, 15) is 4.79 Å². The molecule has 1 heterocycles. The summed E-state index contributed by atoms with van der Waals surface area (Å²) in [6.45, 7) is 0.694. The van der Waals surface area contributed by atoms with Crippen molar-refractivity contribution < 1.29 is 14.6 Å². The van der Waals surface area contributed by atoms with E-state index in [1.807, 2.05) is 0 Å². The fourth-order valence-corrected chi connectivity index (χ4v) is 1.45. The maximum Gasteiger partial charge on any atom is 0.337 e. The van der Waals surface area contributed by atoms with Crippen molar-refractivity contribution in [3.63, 3.8) is 0 Å². The number of hydrogen-bond donors (Lipinski definition) is 1. The minimum atomic E-state index is -0.965. The summed E-state index contributed by atoms with van der Waals surface area (Å²) in [4.78, 5) is 14.5. The number of ether oxygens (including phenoxy) is 1. The second-order valence-electron chi connectivity index (χ2n) is 3.80. The molecule has 4 heteroatoms. The SMILES string of the molecule is O=C(O)c1ccc(OCC2CCC2)nc1. The lowest BCUT2D eigenvalue weighted by atomic mass is 9.86. The topological polar surface area (TPSA) is 59.4 Å². The van der Waals surface area contributed by atoms with Crippen molar-refractivity contribution in [2.45, 2.75) is 19.3 Å². The highest BCUT2D eigenvalue weighted by Crippen LogP contribution is 2.26. The summed E-state index contributed by atoms with van der Waals surface area (Å²) in [6, 6.07) is 3.10. The van der Waals surface area contributed by atoms with E-state index in [0.29, 0.717) is 18.4 Å². The molecule has 1 aliphatic carbocycles. The minimum Gasteiger partial charge on any atom is -0.478 e. The number of rotatable bonds is 4. The molecule has 0 amide bonds. The fourth-order valence-electron chi connectivity index (χ4n) is 1.45. The van der Waals surface area contributed by atoms with Gasteiger partial charge in [-0.1, -0.05) is 6.42 Å². The number of hydrogen-bond acceptors (Lipinski definition) is 3. The van der Waals surface area contributed by atoms with E-state index in [4.69, 9.17) is 9.84 Å². The number of aromatic nitrogens is 1. The molecule has 0 spiro atoms. The Hall–Kier alpha value is -1.58. The van der Waals surface area contributed by atoms with E-state index < -0.39 is 5.97 Å². The van der Waals surface area contributed by atoms with Gasteiger partial charge in [0.2, 0.25) is 5.88 Å². The fraction of sp³-hybridized carbons (Fsp3) is 0.455. The lowest BCUT2D eigenvalue weighted by Crippen LogP contribution is -2.19. The van der Waals surface area contributed by atoms with Gasteiger partial charge in [0, 0.05) is 12.3 Å². The molecule has 0 radical (unpaired) electrons. The van der Waals surface area contributed by atoms with Crippen LogP contribution in [0, 0.1) is 5.92 Å². The molecule has 1 fully saturated rings. The number of carboxylic acid groups (broad SMARTS) is 1. The van der Waals surface area contributed by atoms with E-state index in [1.165, 1.54) is 31.5 Å². The number of carbonyl (C=O) groups is 1. The highest BCUT2D eigenvalue weighted by atomic mass is 16.5. The van der Waals surface area contributed by atoms with Gasteiger partial charge >= 0.3 is 5.97 Å². The van der Waals surface area contributed by atoms with Crippen molar-refractivity contribution in [3.05, 3.63) is 23.9 Å². The Morgan fingerprint density at radius 2 is 2.33 bits per heavy atom. The van der Waals surface area contributed by atoms with Crippen LogP contribution >= 0.6 is 0 Å². The molecule has 0 aliphatic heterocycles. The van der Waals surface area contributed by atoms with Crippen LogP contribution in [0.15, 0.2) is 18.3 Å². The molecule has 1 aromatic rings. The van der Waals surface area contributed by atoms with Crippen LogP contribution in [0.1, 0.15) is 29.6 Å². The van der Waals surface area contributed by atoms with E-state index in [2.05, 4.69) is 4.98 Å². The quantitative estimate of drug-likeness (QED) is 0.819. The van der Waals surface area contributed by atoms with Gasteiger partial charge in [0.25, 0.3) is 0 Å². The maximum absolute atomic E-state index is 10.6. The van der Waals surface area contributed by atoms with Crippen molar-refractivity contribution >= 4 is 5.97 Å². The van der Waals surface area contributed by atoms with Crippen LogP contribution in [-0.4, -0.2) is 22.7 Å². The molecule has 2 rings (SSSR count). The molecule has 0 bridgehead atoms. The van der Waals surface area contributed by atoms with Crippen LogP contribution in [0.3, 0.4) is 0 Å². The third-order valence-electron chi connectivity index (χ3n) is 2.67. The molecule has 1 saturated carbocycles. The first kappa shape index (κ1) is 9.96. The van der Waals surface area contributed by atoms with Crippen LogP contribution in [0.25, 0.3) is 0 Å². The van der Waals surface area contributed by atoms with Gasteiger partial charge in [0.05, 0.1) is 12.2 Å². The third kappa shape index (κ3) is 2.46. The Morgan fingerprint density at radius 1 is 1.53 bits per heavy atom. The predicted molar refractivity (Wildman–Crippen MR) is 54.0 cm³/mol. The van der Waals surface area contributed by atoms with Crippen LogP contribution in [-0.2, 0) is 0 Å². The Kier molecular flexibility index (Phi) is 2.85. The van der Waals surface area contributed by atoms with Gasteiger partial charge in [-0.3, -0.25) is 0 Å². The van der Waals surface area contributed by atoms with Gasteiger partial charge < -0.3 is 9.84 Å². The lowest BCUT2D eigenvalue weighted by molar-refractivity contribution is 0.0696. The number of pyridine rings is 1. The summed E-state index contributed by atoms with van der Waals surface area (Å²) in [5.74, 6) is 0.200. The number of carboxylic acids is 1. The molecule has 0 aromatic carbocycles. The zero-order valence-electron chi connectivity index (χ0n) is 8.35. The van der Waals surface area contributed by atoms with Crippen molar-refractivity contribution in [3.8, 4) is 5.88 Å². The average Bonchev–Trinajstić information content (AvgIpc) is 2.16. The summed E-state index contributed by atoms with van der Waals surface area (Å²) in [7, 11) is 0. The molecule has 0 atom stereocenters. The molecular formula is C11H13NO3. The Balaban J connectivity index is 1.88. The molecule has 1 aliphatic rings. The van der Waals surface area contributed by atoms with Gasteiger partial charge in [0.1, 0.15) is 0 Å². The van der Waals surface area contributed by atoms with Crippen LogP contribution < -0.4 is 4.74 Å². The van der Waals surface area contributed by atoms with E-state index >= 15 is 0 Å². The summed E-state index contributed by atoms with van der Waals surface area (Å²) in [6.07, 6.45) is 5.07. The molecule has 4 nitrogen and oxygen atoms in total. The molecule has 0 unspecified atom stereocenters. The van der Waals surface area contributed by atoms with Crippen LogP contribution in [0.2, 0.25) is 0 Å². The monoisotopic (exact) mass is 207 g/mol. The Morgan fingerprint density at radius 3 is 2.80 bits per heavy atom. The van der Waals surface area contributed by atoms with Crippen molar-refractivity contribution in [1.29, 1.82) is 0 Å². The minimum absolute atomic E-state index is 0.186. The lowest BCUT2D eigenvalue weighted by Gasteiger charge is -2.24. The first-order valence-electron chi connectivity index (χ1n) is 5.08. The Labute approximate surface area is 87.9 Å². The third-order valence-corrected chi connectivity index (χ3v) is 2.67. The first-order chi connectivity index (χ1) is 7.25. The standard InChI is InChI=1S/C11H13NO3/c13-11(14)9-4-5-10(12-6-9)15-7-8-2-1-3-8/h4-6,8H,1-3,7H2,(H,13,14). The van der Waals surface area contributed by atoms with Crippen molar-refractivity contribution in [1.82, 2.24) is 4.98 Å². The maximum atomic E-state index is 10.6. The van der Waals surface area contributed by atoms with E-state index in [0.717, 1.165) is 0 Å². The summed E-state index contributed by atoms with van der Waals surface area (Å²) >= 11 is 0. The molecule has 1 aromatic heterocycles. The summed E-state index contributed by atoms with van der Waals surface area (Å²) in [5.41, 5.74) is 0.186. The molecule has 80 valence electrons. The van der Waals surface area contributed by atoms with Gasteiger partial charge in [-0.05, 0) is 24.8 Å². The van der Waals surface area contributed by atoms with Gasteiger partial charge in [-0.2, -0.15) is 0 Å². The number of aromatic carboxylic acids is 1. The summed E-state index contributed by atoms with van der Waals surface area (Å²) < 4.78 is 5.44. The molecule has 15 heavy (non-hydrogen) atoms. The molecule has 0 saturated heterocycles. The second kappa shape index (κ2) is 4.29. The second-order valence-corrected chi connectivity index (χ2v) is 3.80. The summed E-state index contributed by atoms with van der Waals surface area (Å²) in [5, 5.41) is 8.66. The van der Waals surface area contributed by atoms with Gasteiger partial charge in [-0.25, -0.2) is 9.78 Å². The van der Waals surface area contributed by atoms with Crippen molar-refractivity contribution in [2.75, 3.05) is 6.61 Å². The van der Waals surface area contributed by atoms with Crippen LogP contribution in [0.4, 0.5) is 0 Å². The average molecular weight is 207 g/mol. The van der Waals surface area contributed by atoms with Crippen LogP contribution in [0.5, 0.6) is 5.88 Å². The van der Waals surface area contributed by atoms with Gasteiger partial charge in [-0.15, -0.1) is 0 Å². The van der Waals surface area contributed by atoms with E-state index in [-0.39, 0.29) is 5.56 Å². The highest BCUT2D eigenvalue weighted by Gasteiger charge is 2.18. The number of nitrogens with zero attached hydrogens (tertiary/aromatic N) is 1. The first-order valence-corrected chi connectivity index (χ1v) is 5.08. The van der Waals surface area contributed by atoms with E-state index in [1.54, 1.807) is 6.07 Å². The molecular weight excluding hydrogens is 194 g/mol. The molecule has 1 N–H and O–H groups in total. The van der Waals surface area contributed by atoms with Gasteiger partial charge in [0.15, 0.2) is 0 Å². The predicted octanol–water partition coefficient (Wildman–Crippen LogP) is 1.96. The zero-order valence-corrected chi connectivity index (χ0v) is 8.35.